The largest absolute Gasteiger partial charge is 0.469 e. The van der Waals surface area contributed by atoms with Gasteiger partial charge < -0.3 is 14.0 Å². The summed E-state index contributed by atoms with van der Waals surface area (Å²) in [4.78, 5) is 23.3. The second-order valence-electron chi connectivity index (χ2n) is 4.02. The Morgan fingerprint density at radius 2 is 2.12 bits per heavy atom. The van der Waals surface area contributed by atoms with Gasteiger partial charge in [-0.3, -0.25) is 4.79 Å². The normalized spacial score (nSPS) is 18.4. The molecule has 92 valence electrons. The number of nitrogens with zero attached hydrogens (tertiary/aromatic N) is 1. The number of aromatic nitrogens is 1. The summed E-state index contributed by atoms with van der Waals surface area (Å²) in [6, 6.07) is 1.70. The lowest BCUT2D eigenvalue weighted by Crippen LogP contribution is -2.24. The van der Waals surface area contributed by atoms with Crippen LogP contribution in [0.3, 0.4) is 0 Å². The second-order valence-corrected chi connectivity index (χ2v) is 4.02. The van der Waals surface area contributed by atoms with Gasteiger partial charge in [-0.15, -0.1) is 0 Å². The topological polar surface area (TPSA) is 57.5 Å². The van der Waals surface area contributed by atoms with Gasteiger partial charge in [-0.25, -0.2) is 4.79 Å². The summed E-state index contributed by atoms with van der Waals surface area (Å²) in [5.74, 6) is -1.07. The quantitative estimate of drug-likeness (QED) is 0.728. The summed E-state index contributed by atoms with van der Waals surface area (Å²) in [6.45, 7) is 0.819. The molecule has 5 heteroatoms. The Morgan fingerprint density at radius 1 is 1.35 bits per heavy atom. The number of carbonyl (C=O) groups is 2. The average molecular weight is 237 g/mol. The Morgan fingerprint density at radius 3 is 2.76 bits per heavy atom. The van der Waals surface area contributed by atoms with Gasteiger partial charge in [-0.2, -0.15) is 0 Å². The number of carbonyl (C=O) groups excluding carboxylic acids is 2. The molecular formula is C12H15NO4. The maximum absolute atomic E-state index is 11.7. The molecule has 0 radical (unpaired) electrons. The van der Waals surface area contributed by atoms with E-state index in [2.05, 4.69) is 0 Å². The molecule has 0 aliphatic carbocycles. The van der Waals surface area contributed by atoms with Crippen LogP contribution in [0.5, 0.6) is 0 Å². The van der Waals surface area contributed by atoms with Crippen LogP contribution in [0.15, 0.2) is 12.3 Å². The third kappa shape index (κ3) is 1.92. The second kappa shape index (κ2) is 4.61. The van der Waals surface area contributed by atoms with Crippen LogP contribution < -0.4 is 0 Å². The minimum absolute atomic E-state index is 0.296. The van der Waals surface area contributed by atoms with Crippen molar-refractivity contribution < 1.29 is 19.1 Å². The monoisotopic (exact) mass is 237 g/mol. The van der Waals surface area contributed by atoms with Crippen molar-refractivity contribution in [2.75, 3.05) is 14.2 Å². The molecule has 1 atom stereocenters. The Balaban J connectivity index is 2.44. The van der Waals surface area contributed by atoms with Crippen molar-refractivity contribution in [3.05, 3.63) is 23.5 Å². The van der Waals surface area contributed by atoms with Crippen LogP contribution in [-0.2, 0) is 20.8 Å². The predicted molar refractivity (Wildman–Crippen MR) is 59.8 cm³/mol. The van der Waals surface area contributed by atoms with Crippen molar-refractivity contribution in [1.82, 2.24) is 4.57 Å². The molecule has 0 N–H and O–H groups in total. The number of methoxy groups -OCH3 is 2. The smallest absolute Gasteiger partial charge is 0.339 e. The van der Waals surface area contributed by atoms with Crippen molar-refractivity contribution in [3.63, 3.8) is 0 Å². The maximum Gasteiger partial charge on any atom is 0.339 e. The first-order chi connectivity index (χ1) is 8.19. The lowest BCUT2D eigenvalue weighted by molar-refractivity contribution is -0.143. The molecular weight excluding hydrogens is 222 g/mol. The molecule has 0 saturated heterocycles. The zero-order valence-electron chi connectivity index (χ0n) is 9.93. The molecule has 2 rings (SSSR count). The van der Waals surface area contributed by atoms with Gasteiger partial charge in [0.15, 0.2) is 0 Å². The Hall–Kier alpha value is -1.78. The summed E-state index contributed by atoms with van der Waals surface area (Å²) in [5.41, 5.74) is 1.18. The fraction of sp³-hybridized carbons (Fsp3) is 0.500. The Labute approximate surface area is 99.3 Å². The van der Waals surface area contributed by atoms with Gasteiger partial charge >= 0.3 is 11.9 Å². The van der Waals surface area contributed by atoms with Crippen LogP contribution in [0.1, 0.15) is 34.8 Å². The highest BCUT2D eigenvalue weighted by molar-refractivity contribution is 5.93. The van der Waals surface area contributed by atoms with Crippen LogP contribution in [0, 0.1) is 0 Å². The minimum atomic E-state index is -0.408. The number of ether oxygens (including phenoxy) is 2. The molecule has 0 fully saturated rings. The molecule has 0 saturated carbocycles. The lowest BCUT2D eigenvalue weighted by Gasteiger charge is -2.23. The molecule has 0 amide bonds. The van der Waals surface area contributed by atoms with Gasteiger partial charge in [0.1, 0.15) is 0 Å². The zero-order valence-corrected chi connectivity index (χ0v) is 9.93. The van der Waals surface area contributed by atoms with E-state index in [9.17, 15) is 9.59 Å². The van der Waals surface area contributed by atoms with Crippen molar-refractivity contribution in [3.8, 4) is 0 Å². The summed E-state index contributed by atoms with van der Waals surface area (Å²) in [5, 5.41) is 0. The van der Waals surface area contributed by atoms with Gasteiger partial charge in [-0.1, -0.05) is 0 Å². The van der Waals surface area contributed by atoms with Crippen LogP contribution in [-0.4, -0.2) is 30.7 Å². The third-order valence-electron chi connectivity index (χ3n) is 3.12. The summed E-state index contributed by atoms with van der Waals surface area (Å²) in [6.07, 6.45) is 3.43. The summed E-state index contributed by atoms with van der Waals surface area (Å²) in [7, 11) is 2.70. The molecule has 5 nitrogen and oxygen atoms in total. The van der Waals surface area contributed by atoms with E-state index in [4.69, 9.17) is 9.47 Å². The van der Waals surface area contributed by atoms with E-state index < -0.39 is 5.97 Å². The van der Waals surface area contributed by atoms with Crippen molar-refractivity contribution in [2.24, 2.45) is 0 Å². The van der Waals surface area contributed by atoms with E-state index >= 15 is 0 Å². The van der Waals surface area contributed by atoms with Crippen LogP contribution in [0.4, 0.5) is 0 Å². The zero-order chi connectivity index (χ0) is 12.4. The van der Waals surface area contributed by atoms with Gasteiger partial charge in [0.25, 0.3) is 0 Å². The molecule has 1 aliphatic rings. The van der Waals surface area contributed by atoms with Crippen LogP contribution >= 0.6 is 0 Å². The first kappa shape index (κ1) is 11.7. The predicted octanol–water partition coefficient (Wildman–Crippen LogP) is 1.33. The summed E-state index contributed by atoms with van der Waals surface area (Å²) >= 11 is 0. The van der Waals surface area contributed by atoms with Gasteiger partial charge in [0.2, 0.25) is 0 Å². The average Bonchev–Trinajstić information content (AvgIpc) is 2.80. The standard InChI is InChI=1S/C12H15NO4/c1-16-11(14)8-4-3-6-13-7-5-9(10(8)13)12(15)17-2/h5,7-8H,3-4,6H2,1-2H3. The molecule has 1 unspecified atom stereocenters. The van der Waals surface area contributed by atoms with E-state index in [1.165, 1.54) is 14.2 Å². The number of aryl methyl sites for hydroxylation is 1. The molecule has 0 aromatic carbocycles. The Kier molecular flexibility index (Phi) is 3.17. The van der Waals surface area contributed by atoms with Gasteiger partial charge in [-0.05, 0) is 18.9 Å². The number of hydrogen-bond acceptors (Lipinski definition) is 4. The van der Waals surface area contributed by atoms with E-state index in [0.29, 0.717) is 12.0 Å². The molecule has 1 aromatic rings. The molecule has 1 aliphatic heterocycles. The number of rotatable bonds is 2. The lowest BCUT2D eigenvalue weighted by atomic mass is 9.93. The maximum atomic E-state index is 11.7. The first-order valence-corrected chi connectivity index (χ1v) is 5.54. The SMILES string of the molecule is COC(=O)c1ccn2c1C(C(=O)OC)CCC2. The highest BCUT2D eigenvalue weighted by Crippen LogP contribution is 2.32. The third-order valence-corrected chi connectivity index (χ3v) is 3.12. The fourth-order valence-corrected chi connectivity index (χ4v) is 2.32. The molecule has 17 heavy (non-hydrogen) atoms. The first-order valence-electron chi connectivity index (χ1n) is 5.54. The van der Waals surface area contributed by atoms with Gasteiger partial charge in [0.05, 0.1) is 25.7 Å². The van der Waals surface area contributed by atoms with Crippen molar-refractivity contribution in [1.29, 1.82) is 0 Å². The van der Waals surface area contributed by atoms with E-state index in [1.54, 1.807) is 6.07 Å². The van der Waals surface area contributed by atoms with Gasteiger partial charge in [0, 0.05) is 18.4 Å². The number of esters is 2. The van der Waals surface area contributed by atoms with E-state index in [-0.39, 0.29) is 11.9 Å². The highest BCUT2D eigenvalue weighted by atomic mass is 16.5. The number of fused-ring (bicyclic) bond motifs is 1. The molecule has 1 aromatic heterocycles. The van der Waals surface area contributed by atoms with Crippen molar-refractivity contribution in [2.45, 2.75) is 25.3 Å². The van der Waals surface area contributed by atoms with E-state index in [0.717, 1.165) is 18.7 Å². The fourth-order valence-electron chi connectivity index (χ4n) is 2.32. The summed E-state index contributed by atoms with van der Waals surface area (Å²) < 4.78 is 11.4. The van der Waals surface area contributed by atoms with Crippen molar-refractivity contribution >= 4 is 11.9 Å². The number of hydrogen-bond donors (Lipinski definition) is 0. The molecule has 0 bridgehead atoms. The van der Waals surface area contributed by atoms with Crippen LogP contribution in [0.25, 0.3) is 0 Å². The Bertz CT molecular complexity index is 449. The minimum Gasteiger partial charge on any atom is -0.469 e. The molecule has 0 spiro atoms. The van der Waals surface area contributed by atoms with Crippen LogP contribution in [0.2, 0.25) is 0 Å². The van der Waals surface area contributed by atoms with E-state index in [1.807, 2.05) is 10.8 Å². The molecule has 2 heterocycles. The highest BCUT2D eigenvalue weighted by Gasteiger charge is 2.32.